The fourth-order valence-corrected chi connectivity index (χ4v) is 11.2. The Hall–Kier alpha value is -13.3. The number of phenolic OH excluding ortho intramolecular Hbond substituents is 1. The van der Waals surface area contributed by atoms with Crippen LogP contribution in [0, 0.1) is 64.0 Å². The highest BCUT2D eigenvalue weighted by Gasteiger charge is 2.21. The normalized spacial score (nSPS) is 10.3. The summed E-state index contributed by atoms with van der Waals surface area (Å²) < 4.78 is 166. The van der Waals surface area contributed by atoms with Crippen molar-refractivity contribution in [3.8, 4) is 73.6 Å². The highest BCUT2D eigenvalue weighted by Crippen LogP contribution is 2.41. The lowest BCUT2D eigenvalue weighted by Crippen LogP contribution is -2.29. The Balaban J connectivity index is 0.000000157. The second-order valence-corrected chi connectivity index (χ2v) is 25.1. The van der Waals surface area contributed by atoms with Gasteiger partial charge in [0.05, 0.1) is 25.6 Å². The fraction of sp³-hybridized carbons (Fsp3) is 0. The second kappa shape index (κ2) is 41.1. The van der Waals surface area contributed by atoms with Crippen molar-refractivity contribution in [1.82, 2.24) is 0 Å². The zero-order valence-corrected chi connectivity index (χ0v) is 61.7. The maximum atomic E-state index is 13.5. The Labute approximate surface area is 659 Å². The van der Waals surface area contributed by atoms with E-state index in [1.54, 1.807) is 97.1 Å². The molecule has 0 aliphatic heterocycles. The van der Waals surface area contributed by atoms with E-state index in [9.17, 15) is 72.6 Å². The number of aromatic hydroxyl groups is 1. The van der Waals surface area contributed by atoms with Crippen molar-refractivity contribution in [2.24, 2.45) is 0 Å². The van der Waals surface area contributed by atoms with Gasteiger partial charge < -0.3 is 38.9 Å². The molecule has 0 aliphatic carbocycles. The number of carbonyl (C=O) groups excluding carboxylic acids is 3. The molecule has 114 heavy (non-hydrogen) atoms. The van der Waals surface area contributed by atoms with Crippen LogP contribution < -0.4 is 19.7 Å². The minimum atomic E-state index is -1.34. The monoisotopic (exact) mass is 1680 g/mol. The predicted octanol–water partition coefficient (Wildman–Crippen LogP) is 23.7. The number of phenols is 1. The average molecular weight is 1690 g/mol. The van der Waals surface area contributed by atoms with Gasteiger partial charge >= 0.3 is 13.1 Å². The first-order valence-electron chi connectivity index (χ1n) is 33.3. The van der Waals surface area contributed by atoms with Crippen molar-refractivity contribution in [2.75, 3.05) is 0 Å². The number of carboxylic acid groups (broad SMARTS) is 1. The largest absolute Gasteiger partial charge is 0.508 e. The molecule has 0 saturated carbocycles. The van der Waals surface area contributed by atoms with Crippen molar-refractivity contribution < 1.29 is 106 Å². The number of para-hydroxylation sites is 4. The minimum absolute atomic E-state index is 0.0137. The predicted molar refractivity (Wildman–Crippen MR) is 418 cm³/mol. The number of halogens is 13. The van der Waals surface area contributed by atoms with Gasteiger partial charge in [0.2, 0.25) is 0 Å². The summed E-state index contributed by atoms with van der Waals surface area (Å²) in [7, 11) is -1.34. The summed E-state index contributed by atoms with van der Waals surface area (Å²) >= 11 is 6.18. The minimum Gasteiger partial charge on any atom is -0.508 e. The zero-order chi connectivity index (χ0) is 82.0. The lowest BCUT2D eigenvalue weighted by atomic mass is 9.81. The number of furan rings is 1. The summed E-state index contributed by atoms with van der Waals surface area (Å²) in [6.07, 6.45) is 1.78. The van der Waals surface area contributed by atoms with Crippen LogP contribution in [0.5, 0.6) is 40.2 Å². The molecule has 1 heterocycles. The number of aldehydes is 3. The van der Waals surface area contributed by atoms with Gasteiger partial charge in [0.1, 0.15) is 57.0 Å². The van der Waals surface area contributed by atoms with Gasteiger partial charge in [-0.1, -0.05) is 176 Å². The molecule has 0 amide bonds. The Morgan fingerprint density at radius 1 is 0.351 bits per heavy atom. The SMILES string of the molecule is Fc1cc2oc3c(-c4ccccc4)cccc3c2cc1F.O=C(O)c1cccc(-c2ccccc2)c1Oc1ccc(F)c(F)c1.O=Cc1cccc(-c2ccccc2)c1Oc1ccc(F)c(F)c1.O=Cc1cccc(Br)c1F.O=Cc1cccc(Br)c1Oc1ccc(F)c(F)c1.OB(O)c1ccccc1.Oc1ccc(F)c(F)c1. The third kappa shape index (κ3) is 22.9. The molecule has 4 N–H and O–H groups in total. The summed E-state index contributed by atoms with van der Waals surface area (Å²) in [6.45, 7) is 0. The van der Waals surface area contributed by atoms with Crippen LogP contribution in [-0.4, -0.2) is 52.2 Å². The number of rotatable bonds is 14. The Bertz CT molecular complexity index is 5840. The van der Waals surface area contributed by atoms with Crippen molar-refractivity contribution in [2.45, 2.75) is 0 Å². The molecule has 0 unspecified atom stereocenters. The lowest BCUT2D eigenvalue weighted by molar-refractivity contribution is 0.0693. The van der Waals surface area contributed by atoms with Crippen LogP contribution in [0.4, 0.5) is 48.3 Å². The molecule has 12 nitrogen and oxygen atoms in total. The molecule has 15 rings (SSSR count). The fourth-order valence-electron chi connectivity index (χ4n) is 10.3. The standard InChI is InChI=1S/C19H12F2O3.C19H12F2O2.C18H10F2O.C13H7BrF2O2.C7H4BrFO.C6H7BO2.C6H4F2O/c20-16-10-9-13(11-17(16)21)24-18-14(12-5-2-1-3-6-12)7-4-8-15(18)19(22)23;20-17-10-9-15(11-18(17)21)23-19-14(12-22)7-4-8-16(19)13-5-2-1-3-6-13;19-15-9-14-13-8-4-7-12(11-5-2-1-3-6-11)18(13)21-17(14)10-16(15)20;14-10-3-1-2-8(7-17)13(10)18-9-4-5-11(15)12(16)6-9;8-6-3-1-2-5(4-10)7(6)9;8-7(9)6-4-2-1-3-5-6;7-5-2-1-4(9)3-6(5)8/h1-11H,(H,22,23);1-12H;1-10H;1-7H;1-4H;1-5,8-9H;1-3,9H. The van der Waals surface area contributed by atoms with E-state index in [1.807, 2.05) is 103 Å². The molecule has 0 radical (unpaired) electrons. The quantitative estimate of drug-likeness (QED) is 0.0459. The van der Waals surface area contributed by atoms with Gasteiger partial charge in [-0.05, 0) is 145 Å². The molecule has 0 saturated heterocycles. The van der Waals surface area contributed by atoms with E-state index in [-0.39, 0.29) is 45.6 Å². The number of aromatic carboxylic acids is 1. The van der Waals surface area contributed by atoms with Gasteiger partial charge in [-0.25, -0.2) is 53.1 Å². The smallest absolute Gasteiger partial charge is 0.488 e. The van der Waals surface area contributed by atoms with Gasteiger partial charge in [0.25, 0.3) is 0 Å². The van der Waals surface area contributed by atoms with Crippen LogP contribution in [0.2, 0.25) is 0 Å². The van der Waals surface area contributed by atoms with E-state index in [1.165, 1.54) is 36.4 Å². The van der Waals surface area contributed by atoms with Crippen molar-refractivity contribution in [3.63, 3.8) is 0 Å². The van der Waals surface area contributed by atoms with Crippen LogP contribution in [0.15, 0.2) is 311 Å². The molecular weight excluding hydrogens is 1630 g/mol. The van der Waals surface area contributed by atoms with Gasteiger partial charge in [-0.2, -0.15) is 0 Å². The molecule has 15 aromatic rings. The molecular formula is C88H56BBr2F11O12. The summed E-state index contributed by atoms with van der Waals surface area (Å²) in [5.41, 5.74) is 6.93. The lowest BCUT2D eigenvalue weighted by Gasteiger charge is -2.14. The molecule has 0 aliphatic rings. The molecule has 14 aromatic carbocycles. The number of hydrogen-bond donors (Lipinski definition) is 4. The Kier molecular flexibility index (Phi) is 30.6. The van der Waals surface area contributed by atoms with Gasteiger partial charge in [0, 0.05) is 57.8 Å². The van der Waals surface area contributed by atoms with Crippen LogP contribution in [0.25, 0.3) is 55.3 Å². The van der Waals surface area contributed by atoms with E-state index in [4.69, 9.17) is 33.8 Å². The van der Waals surface area contributed by atoms with Crippen LogP contribution >= 0.6 is 31.9 Å². The second-order valence-electron chi connectivity index (χ2n) is 23.4. The maximum Gasteiger partial charge on any atom is 0.488 e. The summed E-state index contributed by atoms with van der Waals surface area (Å²) in [4.78, 5) is 43.8. The number of carboxylic acids is 1. The summed E-state index contributed by atoms with van der Waals surface area (Å²) in [5, 5.41) is 36.5. The van der Waals surface area contributed by atoms with Crippen molar-refractivity contribution >= 4 is 91.2 Å². The molecule has 1 aromatic heterocycles. The molecule has 0 atom stereocenters. The molecule has 0 spiro atoms. The van der Waals surface area contributed by atoms with Crippen LogP contribution in [-0.2, 0) is 0 Å². The summed E-state index contributed by atoms with van der Waals surface area (Å²) in [5.74, 6) is -10.8. The van der Waals surface area contributed by atoms with E-state index < -0.39 is 77.1 Å². The van der Waals surface area contributed by atoms with Gasteiger partial charge in [-0.15, -0.1) is 0 Å². The third-order valence-electron chi connectivity index (χ3n) is 15.8. The van der Waals surface area contributed by atoms with Crippen molar-refractivity contribution in [1.29, 1.82) is 0 Å². The van der Waals surface area contributed by atoms with E-state index >= 15 is 0 Å². The van der Waals surface area contributed by atoms with Gasteiger partial charge in [0.15, 0.2) is 82.8 Å². The first-order chi connectivity index (χ1) is 54.9. The first-order valence-corrected chi connectivity index (χ1v) is 34.9. The van der Waals surface area contributed by atoms with Crippen molar-refractivity contribution in [3.05, 3.63) is 392 Å². The molecule has 0 bridgehead atoms. The summed E-state index contributed by atoms with van der Waals surface area (Å²) in [6, 6.07) is 76.3. The third-order valence-corrected chi connectivity index (χ3v) is 17.0. The number of benzene rings is 14. The highest BCUT2D eigenvalue weighted by atomic mass is 79.9. The molecule has 0 fully saturated rings. The molecule has 574 valence electrons. The maximum absolute atomic E-state index is 13.5. The highest BCUT2D eigenvalue weighted by molar-refractivity contribution is 9.10. The van der Waals surface area contributed by atoms with E-state index in [0.29, 0.717) is 77.8 Å². The van der Waals surface area contributed by atoms with Crippen LogP contribution in [0.1, 0.15) is 41.4 Å². The van der Waals surface area contributed by atoms with E-state index in [0.717, 1.165) is 88.3 Å². The number of ether oxygens (including phenoxy) is 3. The Morgan fingerprint density at radius 2 is 0.728 bits per heavy atom. The van der Waals surface area contributed by atoms with Gasteiger partial charge in [-0.3, -0.25) is 14.4 Å². The average Bonchev–Trinajstić information content (AvgIpc) is 1.63. The number of carbonyl (C=O) groups is 4. The number of fused-ring (bicyclic) bond motifs is 3. The zero-order valence-electron chi connectivity index (χ0n) is 58.6. The molecule has 26 heteroatoms. The first kappa shape index (κ1) is 84.7. The van der Waals surface area contributed by atoms with E-state index in [2.05, 4.69) is 31.9 Å². The Morgan fingerprint density at radius 3 is 1.18 bits per heavy atom. The topological polar surface area (TPSA) is 190 Å². The van der Waals surface area contributed by atoms with Crippen LogP contribution in [0.3, 0.4) is 0 Å². The number of hydrogen-bond acceptors (Lipinski definition) is 11.